The molecule has 3 aromatic rings. The number of benzene rings is 1. The molecule has 7 heteroatoms. The van der Waals surface area contributed by atoms with E-state index in [4.69, 9.17) is 13.9 Å². The Hall–Kier alpha value is -2.38. The fourth-order valence-corrected chi connectivity index (χ4v) is 5.27. The van der Waals surface area contributed by atoms with Gasteiger partial charge in [-0.1, -0.05) is 24.3 Å². The van der Waals surface area contributed by atoms with Crippen LogP contribution >= 0.6 is 0 Å². The number of thiol groups is 1. The molecule has 1 aliphatic heterocycles. The van der Waals surface area contributed by atoms with E-state index >= 15 is 0 Å². The van der Waals surface area contributed by atoms with E-state index in [0.29, 0.717) is 30.4 Å². The highest BCUT2D eigenvalue weighted by molar-refractivity contribution is 7.98. The van der Waals surface area contributed by atoms with E-state index in [9.17, 15) is 9.35 Å². The van der Waals surface area contributed by atoms with Gasteiger partial charge in [0.05, 0.1) is 13.2 Å². The summed E-state index contributed by atoms with van der Waals surface area (Å²) in [5.74, 6) is 2.19. The van der Waals surface area contributed by atoms with Gasteiger partial charge < -0.3 is 18.3 Å². The molecular formula is C20H24N2O4S. The van der Waals surface area contributed by atoms with Crippen molar-refractivity contribution in [3.8, 4) is 5.75 Å². The van der Waals surface area contributed by atoms with Crippen LogP contribution in [0.15, 0.2) is 58.2 Å². The van der Waals surface area contributed by atoms with Gasteiger partial charge in [-0.05, 0) is 29.5 Å². The van der Waals surface area contributed by atoms with Gasteiger partial charge in [-0.25, -0.2) is 0 Å². The number of fused-ring (bicyclic) bond motifs is 1. The molecule has 0 unspecified atom stereocenters. The summed E-state index contributed by atoms with van der Waals surface area (Å²) in [6.07, 6.45) is 6.99. The van der Waals surface area contributed by atoms with Crippen molar-refractivity contribution in [3.05, 3.63) is 65.0 Å². The topological polar surface area (TPSA) is 88.4 Å². The van der Waals surface area contributed by atoms with Crippen LogP contribution in [0.5, 0.6) is 5.75 Å². The molecule has 0 spiro atoms. The number of rotatable bonds is 5. The van der Waals surface area contributed by atoms with Crippen molar-refractivity contribution in [3.63, 3.8) is 0 Å². The number of nitrogens with zero attached hydrogens (tertiary/aromatic N) is 1. The van der Waals surface area contributed by atoms with Crippen LogP contribution in [0.3, 0.4) is 0 Å². The average Bonchev–Trinajstić information content (AvgIpc) is 3.04. The predicted octanol–water partition coefficient (Wildman–Crippen LogP) is 3.55. The van der Waals surface area contributed by atoms with Crippen LogP contribution in [-0.4, -0.2) is 27.2 Å². The van der Waals surface area contributed by atoms with Crippen LogP contribution in [0.4, 0.5) is 0 Å². The summed E-state index contributed by atoms with van der Waals surface area (Å²) in [7, 11) is -2.42. The first-order valence-corrected chi connectivity index (χ1v) is 11.2. The van der Waals surface area contributed by atoms with Gasteiger partial charge in [0, 0.05) is 30.0 Å². The lowest BCUT2D eigenvalue weighted by atomic mass is 10.0. The molecule has 27 heavy (non-hydrogen) atoms. The maximum Gasteiger partial charge on any atom is 0.227 e. The number of hydrogen-bond donors (Lipinski definition) is 3. The molecule has 1 fully saturated rings. The van der Waals surface area contributed by atoms with Crippen LogP contribution < -0.4 is 10.2 Å². The molecule has 0 saturated carbocycles. The Labute approximate surface area is 158 Å². The summed E-state index contributed by atoms with van der Waals surface area (Å²) in [5.41, 5.74) is -0.187. The third-order valence-electron chi connectivity index (χ3n) is 5.09. The van der Waals surface area contributed by atoms with E-state index in [-0.39, 0.29) is 17.1 Å². The van der Waals surface area contributed by atoms with Crippen molar-refractivity contribution in [2.75, 3.05) is 18.1 Å². The van der Waals surface area contributed by atoms with Crippen molar-refractivity contribution in [1.82, 2.24) is 4.57 Å². The van der Waals surface area contributed by atoms with E-state index in [1.54, 1.807) is 0 Å². The van der Waals surface area contributed by atoms with Gasteiger partial charge in [-0.3, -0.25) is 9.57 Å². The zero-order valence-corrected chi connectivity index (χ0v) is 15.9. The zero-order valence-electron chi connectivity index (χ0n) is 15.0. The maximum absolute atomic E-state index is 12.3. The van der Waals surface area contributed by atoms with Gasteiger partial charge in [0.25, 0.3) is 0 Å². The van der Waals surface area contributed by atoms with Gasteiger partial charge in [0.2, 0.25) is 11.2 Å². The van der Waals surface area contributed by atoms with Crippen molar-refractivity contribution in [2.24, 2.45) is 5.92 Å². The molecule has 0 aliphatic carbocycles. The van der Waals surface area contributed by atoms with Gasteiger partial charge in [0.1, 0.15) is 12.0 Å². The van der Waals surface area contributed by atoms with Crippen LogP contribution in [0.1, 0.15) is 18.6 Å². The molecule has 1 saturated heterocycles. The first kappa shape index (κ1) is 18.0. The van der Waals surface area contributed by atoms with E-state index in [0.717, 1.165) is 23.6 Å². The van der Waals surface area contributed by atoms with Gasteiger partial charge in [-0.15, -0.1) is 10.1 Å². The molecule has 2 aromatic heterocycles. The molecule has 0 radical (unpaired) electrons. The summed E-state index contributed by atoms with van der Waals surface area (Å²) >= 11 is 0. The van der Waals surface area contributed by atoms with Crippen LogP contribution in [0.2, 0.25) is 0 Å². The summed E-state index contributed by atoms with van der Waals surface area (Å²) in [6, 6.07) is 9.57. The lowest BCUT2D eigenvalue weighted by molar-refractivity contribution is 0.229. The SMILES string of the molecule is N=[SH]1(O)CCC(COc2coc(Cn3cc4ccccc4c3)cc2=O)CC1. The smallest absolute Gasteiger partial charge is 0.227 e. The Kier molecular flexibility index (Phi) is 4.88. The predicted molar refractivity (Wildman–Crippen MR) is 108 cm³/mol. The molecule has 1 aromatic carbocycles. The van der Waals surface area contributed by atoms with Crippen LogP contribution in [0, 0.1) is 10.7 Å². The number of ether oxygens (including phenoxy) is 1. The largest absolute Gasteiger partial charge is 0.486 e. The van der Waals surface area contributed by atoms with E-state index in [2.05, 4.69) is 0 Å². The number of aromatic nitrogens is 1. The minimum atomic E-state index is -2.42. The molecule has 0 bridgehead atoms. The Bertz CT molecular complexity index is 1010. The van der Waals surface area contributed by atoms with Crippen molar-refractivity contribution < 1.29 is 13.7 Å². The van der Waals surface area contributed by atoms with E-state index in [1.807, 2.05) is 41.2 Å². The van der Waals surface area contributed by atoms with Crippen molar-refractivity contribution in [2.45, 2.75) is 19.4 Å². The average molecular weight is 388 g/mol. The standard InChI is InChI=1S/C20H24N2O4S/c21-27(24)7-5-15(6-8-27)13-26-20-14-25-18(9-19(20)23)12-22-10-16-3-1-2-4-17(16)11-22/h1-4,9-11,14-15,27H,5-8,12-13H2,(H2,21,24). The summed E-state index contributed by atoms with van der Waals surface area (Å²) in [6.45, 7) is 0.908. The first-order valence-electron chi connectivity index (χ1n) is 9.12. The third-order valence-corrected chi connectivity index (χ3v) is 7.08. The summed E-state index contributed by atoms with van der Waals surface area (Å²) in [4.78, 5) is 12.3. The normalized spacial score (nSPS) is 20.4. The highest BCUT2D eigenvalue weighted by Crippen LogP contribution is 2.23. The fourth-order valence-electron chi connectivity index (χ4n) is 3.46. The van der Waals surface area contributed by atoms with E-state index in [1.165, 1.54) is 12.3 Å². The monoisotopic (exact) mass is 388 g/mol. The highest BCUT2D eigenvalue weighted by atomic mass is 32.3. The second kappa shape index (κ2) is 7.32. The molecule has 2 N–H and O–H groups in total. The van der Waals surface area contributed by atoms with Crippen molar-refractivity contribution in [1.29, 1.82) is 4.78 Å². The Morgan fingerprint density at radius 2 is 1.89 bits per heavy atom. The number of hydrogen-bond acceptors (Lipinski definition) is 4. The zero-order chi connectivity index (χ0) is 18.9. The molecular weight excluding hydrogens is 364 g/mol. The Balaban J connectivity index is 1.39. The van der Waals surface area contributed by atoms with Crippen LogP contribution in [0.25, 0.3) is 10.8 Å². The second-order valence-electron chi connectivity index (χ2n) is 7.26. The molecule has 3 heterocycles. The Morgan fingerprint density at radius 1 is 1.22 bits per heavy atom. The third kappa shape index (κ3) is 4.31. The molecule has 6 nitrogen and oxygen atoms in total. The molecule has 1 aliphatic rings. The first-order chi connectivity index (χ1) is 13.0. The minimum absolute atomic E-state index is 0.187. The van der Waals surface area contributed by atoms with Crippen molar-refractivity contribution >= 4 is 20.9 Å². The maximum atomic E-state index is 12.3. The number of nitrogens with one attached hydrogen (secondary N) is 1. The van der Waals surface area contributed by atoms with Gasteiger partial charge in [0.15, 0.2) is 0 Å². The highest BCUT2D eigenvalue weighted by Gasteiger charge is 2.21. The molecule has 0 atom stereocenters. The fraction of sp³-hybridized carbons (Fsp3) is 0.350. The summed E-state index contributed by atoms with van der Waals surface area (Å²) in [5, 5.41) is 2.30. The lowest BCUT2D eigenvalue weighted by Crippen LogP contribution is -2.30. The van der Waals surface area contributed by atoms with Gasteiger partial charge >= 0.3 is 0 Å². The minimum Gasteiger partial charge on any atom is -0.486 e. The Morgan fingerprint density at radius 3 is 2.52 bits per heavy atom. The lowest BCUT2D eigenvalue weighted by Gasteiger charge is -2.31. The van der Waals surface area contributed by atoms with Crippen LogP contribution in [-0.2, 0) is 16.7 Å². The quantitative estimate of drug-likeness (QED) is 0.583. The second-order valence-corrected chi connectivity index (χ2v) is 10.00. The molecule has 4 rings (SSSR count). The summed E-state index contributed by atoms with van der Waals surface area (Å²) < 4.78 is 30.8. The molecule has 144 valence electrons. The molecule has 0 amide bonds. The van der Waals surface area contributed by atoms with E-state index < -0.39 is 10.1 Å². The van der Waals surface area contributed by atoms with Gasteiger partial charge in [-0.2, -0.15) is 0 Å².